The van der Waals surface area contributed by atoms with E-state index >= 15 is 0 Å². The Morgan fingerprint density at radius 1 is 1.40 bits per heavy atom. The largest absolute Gasteiger partial charge is 0.327 e. The van der Waals surface area contributed by atoms with Gasteiger partial charge in [-0.2, -0.15) is 0 Å². The maximum Gasteiger partial charge on any atom is 0.182 e. The lowest BCUT2D eigenvalue weighted by molar-refractivity contribution is 0.319. The van der Waals surface area contributed by atoms with Crippen LogP contribution in [0.1, 0.15) is 32.6 Å². The van der Waals surface area contributed by atoms with E-state index < -0.39 is 20.9 Å². The first-order chi connectivity index (χ1) is 9.36. The van der Waals surface area contributed by atoms with Crippen molar-refractivity contribution in [2.45, 2.75) is 48.8 Å². The molecule has 0 spiro atoms. The molecule has 0 aromatic heterocycles. The predicted octanol–water partition coefficient (Wildman–Crippen LogP) is 3.16. The number of hydrogen-bond acceptors (Lipinski definition) is 3. The Bertz CT molecular complexity index is 591. The lowest BCUT2D eigenvalue weighted by atomic mass is 9.84. The van der Waals surface area contributed by atoms with Crippen molar-refractivity contribution in [3.05, 3.63) is 29.0 Å². The van der Waals surface area contributed by atoms with Gasteiger partial charge < -0.3 is 5.73 Å². The van der Waals surface area contributed by atoms with E-state index in [1.54, 1.807) is 0 Å². The number of halogens is 2. The molecule has 3 unspecified atom stereocenters. The fraction of sp³-hybridized carbons (Fsp3) is 0.571. The highest BCUT2D eigenvalue weighted by Gasteiger charge is 2.37. The zero-order chi connectivity index (χ0) is 14.9. The van der Waals surface area contributed by atoms with Crippen molar-refractivity contribution in [1.82, 2.24) is 0 Å². The van der Waals surface area contributed by atoms with Crippen LogP contribution in [0.4, 0.5) is 4.39 Å². The lowest BCUT2D eigenvalue weighted by Crippen LogP contribution is -2.45. The normalized spacial score (nSPS) is 27.5. The Morgan fingerprint density at radius 3 is 2.70 bits per heavy atom. The minimum absolute atomic E-state index is 0.0566. The molecule has 112 valence electrons. The standard InChI is InChI=1S/C14H19ClFNO2S/c1-2-9-3-6-13(17)14(7-9)20(18,19)10-4-5-12(16)11(15)8-10/h4-5,8-9,13-14H,2-3,6-7,17H2,1H3. The van der Waals surface area contributed by atoms with Gasteiger partial charge in [0.1, 0.15) is 5.82 Å². The minimum atomic E-state index is -3.57. The summed E-state index contributed by atoms with van der Waals surface area (Å²) in [6.45, 7) is 2.06. The highest BCUT2D eigenvalue weighted by Crippen LogP contribution is 2.33. The molecule has 1 saturated carbocycles. The van der Waals surface area contributed by atoms with Crippen LogP contribution < -0.4 is 5.73 Å². The summed E-state index contributed by atoms with van der Waals surface area (Å²) in [6, 6.07) is 3.15. The molecule has 2 rings (SSSR count). The van der Waals surface area contributed by atoms with Crippen LogP contribution >= 0.6 is 11.6 Å². The molecule has 0 saturated heterocycles. The van der Waals surface area contributed by atoms with Crippen molar-refractivity contribution in [3.8, 4) is 0 Å². The summed E-state index contributed by atoms with van der Waals surface area (Å²) >= 11 is 5.68. The molecule has 1 aliphatic rings. The first kappa shape index (κ1) is 15.7. The Morgan fingerprint density at radius 2 is 2.10 bits per heavy atom. The van der Waals surface area contributed by atoms with Crippen molar-refractivity contribution in [3.63, 3.8) is 0 Å². The molecule has 20 heavy (non-hydrogen) atoms. The minimum Gasteiger partial charge on any atom is -0.327 e. The number of sulfone groups is 1. The Kier molecular flexibility index (Phi) is 4.72. The molecule has 3 atom stereocenters. The summed E-state index contributed by atoms with van der Waals surface area (Å²) in [4.78, 5) is 0.0566. The lowest BCUT2D eigenvalue weighted by Gasteiger charge is -2.33. The van der Waals surface area contributed by atoms with Crippen LogP contribution in [-0.2, 0) is 9.84 Å². The van der Waals surface area contributed by atoms with Gasteiger partial charge in [0.25, 0.3) is 0 Å². The first-order valence-electron chi connectivity index (χ1n) is 6.80. The van der Waals surface area contributed by atoms with Crippen molar-refractivity contribution in [2.24, 2.45) is 11.7 Å². The molecule has 6 heteroatoms. The maximum atomic E-state index is 13.2. The summed E-state index contributed by atoms with van der Waals surface area (Å²) in [7, 11) is -3.57. The summed E-state index contributed by atoms with van der Waals surface area (Å²) in [5.74, 6) is -0.240. The van der Waals surface area contributed by atoms with Gasteiger partial charge in [-0.15, -0.1) is 0 Å². The second-order valence-electron chi connectivity index (χ2n) is 5.41. The van der Waals surface area contributed by atoms with E-state index in [0.29, 0.717) is 18.8 Å². The third-order valence-electron chi connectivity index (χ3n) is 4.15. The first-order valence-corrected chi connectivity index (χ1v) is 8.73. The molecule has 0 bridgehead atoms. The van der Waals surface area contributed by atoms with Crippen molar-refractivity contribution >= 4 is 21.4 Å². The van der Waals surface area contributed by atoms with Crippen LogP contribution in [0.2, 0.25) is 5.02 Å². The number of hydrogen-bond donors (Lipinski definition) is 1. The molecule has 1 aromatic rings. The van der Waals surface area contributed by atoms with E-state index in [4.69, 9.17) is 17.3 Å². The fourth-order valence-corrected chi connectivity index (χ4v) is 5.05. The van der Waals surface area contributed by atoms with Gasteiger partial charge >= 0.3 is 0 Å². The van der Waals surface area contributed by atoms with Crippen LogP contribution in [-0.4, -0.2) is 19.7 Å². The van der Waals surface area contributed by atoms with Gasteiger partial charge in [-0.3, -0.25) is 0 Å². The van der Waals surface area contributed by atoms with Crippen LogP contribution in [0.3, 0.4) is 0 Å². The molecule has 1 aromatic carbocycles. The van der Waals surface area contributed by atoms with Crippen LogP contribution in [0.15, 0.2) is 23.1 Å². The van der Waals surface area contributed by atoms with E-state index in [-0.39, 0.29) is 16.0 Å². The number of nitrogens with two attached hydrogens (primary N) is 1. The van der Waals surface area contributed by atoms with Crippen molar-refractivity contribution in [2.75, 3.05) is 0 Å². The van der Waals surface area contributed by atoms with Crippen LogP contribution in [0.25, 0.3) is 0 Å². The smallest absolute Gasteiger partial charge is 0.182 e. The highest BCUT2D eigenvalue weighted by molar-refractivity contribution is 7.92. The molecule has 0 amide bonds. The van der Waals surface area contributed by atoms with Crippen LogP contribution in [0, 0.1) is 11.7 Å². The zero-order valence-electron chi connectivity index (χ0n) is 11.4. The quantitative estimate of drug-likeness (QED) is 0.871. The highest BCUT2D eigenvalue weighted by atomic mass is 35.5. The Balaban J connectivity index is 2.35. The average molecular weight is 320 g/mol. The topological polar surface area (TPSA) is 60.2 Å². The van der Waals surface area contributed by atoms with E-state index in [0.717, 1.165) is 18.9 Å². The van der Waals surface area contributed by atoms with Gasteiger partial charge in [-0.25, -0.2) is 12.8 Å². The maximum absolute atomic E-state index is 13.2. The van der Waals surface area contributed by atoms with Gasteiger partial charge in [0, 0.05) is 6.04 Å². The van der Waals surface area contributed by atoms with Gasteiger partial charge in [0.05, 0.1) is 15.2 Å². The van der Waals surface area contributed by atoms with Crippen LogP contribution in [0.5, 0.6) is 0 Å². The zero-order valence-corrected chi connectivity index (χ0v) is 12.9. The molecule has 1 fully saturated rings. The van der Waals surface area contributed by atoms with Crippen molar-refractivity contribution < 1.29 is 12.8 Å². The van der Waals surface area contributed by atoms with E-state index in [1.807, 2.05) is 0 Å². The van der Waals surface area contributed by atoms with Gasteiger partial charge in [0.15, 0.2) is 9.84 Å². The summed E-state index contributed by atoms with van der Waals surface area (Å²) in [5.41, 5.74) is 6.00. The second kappa shape index (κ2) is 6.00. The SMILES string of the molecule is CCC1CCC(N)C(S(=O)(=O)c2ccc(F)c(Cl)c2)C1. The molecule has 2 N–H and O–H groups in total. The fourth-order valence-electron chi connectivity index (χ4n) is 2.79. The molecule has 0 aliphatic heterocycles. The van der Waals surface area contributed by atoms with E-state index in [1.165, 1.54) is 12.1 Å². The number of rotatable bonds is 3. The Hall–Kier alpha value is -0.650. The van der Waals surface area contributed by atoms with Gasteiger partial charge in [-0.1, -0.05) is 24.9 Å². The molecule has 0 radical (unpaired) electrons. The Labute approximate surface area is 124 Å². The summed E-state index contributed by atoms with van der Waals surface area (Å²) < 4.78 is 38.5. The molecule has 1 aliphatic carbocycles. The summed E-state index contributed by atoms with van der Waals surface area (Å²) in [6.07, 6.45) is 3.18. The third kappa shape index (κ3) is 3.00. The average Bonchev–Trinajstić information content (AvgIpc) is 2.42. The molecule has 0 heterocycles. The predicted molar refractivity (Wildman–Crippen MR) is 78.0 cm³/mol. The molecular formula is C14H19ClFNO2S. The van der Waals surface area contributed by atoms with E-state index in [2.05, 4.69) is 6.92 Å². The number of benzene rings is 1. The van der Waals surface area contributed by atoms with Gasteiger partial charge in [-0.05, 0) is 43.4 Å². The second-order valence-corrected chi connectivity index (χ2v) is 7.98. The summed E-state index contributed by atoms with van der Waals surface area (Å²) in [5, 5.41) is -0.787. The van der Waals surface area contributed by atoms with Gasteiger partial charge in [0.2, 0.25) is 0 Å². The van der Waals surface area contributed by atoms with Crippen molar-refractivity contribution in [1.29, 1.82) is 0 Å². The molecular weight excluding hydrogens is 301 g/mol. The monoisotopic (exact) mass is 319 g/mol. The molecule has 3 nitrogen and oxygen atoms in total. The van der Waals surface area contributed by atoms with E-state index in [9.17, 15) is 12.8 Å². The third-order valence-corrected chi connectivity index (χ3v) is 6.69.